The second kappa shape index (κ2) is 5.50. The van der Waals surface area contributed by atoms with E-state index in [1.807, 2.05) is 0 Å². The molecule has 0 aliphatic rings. The molecule has 0 unspecified atom stereocenters. The summed E-state index contributed by atoms with van der Waals surface area (Å²) in [5, 5.41) is 0.563. The van der Waals surface area contributed by atoms with E-state index in [0.29, 0.717) is 10.6 Å². The van der Waals surface area contributed by atoms with Crippen LogP contribution in [0, 0.1) is 11.6 Å². The van der Waals surface area contributed by atoms with Crippen molar-refractivity contribution in [1.29, 1.82) is 0 Å². The molecule has 0 aliphatic carbocycles. The summed E-state index contributed by atoms with van der Waals surface area (Å²) in [5.74, 6) is -1.98. The third-order valence-corrected chi connectivity index (χ3v) is 2.75. The lowest BCUT2D eigenvalue weighted by Crippen LogP contribution is -2.01. The Labute approximate surface area is 112 Å². The number of rotatable bonds is 3. The van der Waals surface area contributed by atoms with Crippen molar-refractivity contribution in [2.45, 2.75) is 6.61 Å². The van der Waals surface area contributed by atoms with Crippen molar-refractivity contribution in [3.05, 3.63) is 57.8 Å². The zero-order valence-corrected chi connectivity index (χ0v) is 10.5. The third-order valence-electron chi connectivity index (χ3n) is 2.19. The SMILES string of the molecule is Fc1cccc(F)c1OCc1cnc(Cl)cc1Cl. The number of benzene rings is 1. The number of hydrogen-bond acceptors (Lipinski definition) is 2. The molecule has 2 rings (SSSR count). The lowest BCUT2D eigenvalue weighted by atomic mass is 10.3. The van der Waals surface area contributed by atoms with E-state index in [9.17, 15) is 8.78 Å². The van der Waals surface area contributed by atoms with Crippen LogP contribution in [0.15, 0.2) is 30.5 Å². The molecular formula is C12H7Cl2F2NO. The van der Waals surface area contributed by atoms with E-state index in [-0.39, 0.29) is 11.8 Å². The molecule has 0 bridgehead atoms. The Hall–Kier alpha value is -1.39. The quantitative estimate of drug-likeness (QED) is 0.788. The van der Waals surface area contributed by atoms with Crippen molar-refractivity contribution in [3.63, 3.8) is 0 Å². The molecule has 94 valence electrons. The molecule has 1 aromatic heterocycles. The fourth-order valence-electron chi connectivity index (χ4n) is 1.31. The summed E-state index contributed by atoms with van der Waals surface area (Å²) in [6.45, 7) is -0.0964. The molecule has 6 heteroatoms. The van der Waals surface area contributed by atoms with Crippen LogP contribution in [0.25, 0.3) is 0 Å². The Morgan fingerprint density at radius 1 is 1.17 bits per heavy atom. The van der Waals surface area contributed by atoms with Crippen LogP contribution in [-0.4, -0.2) is 4.98 Å². The van der Waals surface area contributed by atoms with Gasteiger partial charge in [0.25, 0.3) is 0 Å². The van der Waals surface area contributed by atoms with Crippen LogP contribution in [0.3, 0.4) is 0 Å². The zero-order chi connectivity index (χ0) is 13.1. The van der Waals surface area contributed by atoms with E-state index in [0.717, 1.165) is 12.1 Å². The molecule has 0 saturated heterocycles. The number of halogens is 4. The van der Waals surface area contributed by atoms with E-state index in [1.165, 1.54) is 18.3 Å². The maximum Gasteiger partial charge on any atom is 0.191 e. The minimum atomic E-state index is -0.770. The summed E-state index contributed by atoms with van der Waals surface area (Å²) in [6, 6.07) is 4.91. The van der Waals surface area contributed by atoms with E-state index in [4.69, 9.17) is 27.9 Å². The zero-order valence-electron chi connectivity index (χ0n) is 8.96. The second-order valence-corrected chi connectivity index (χ2v) is 4.23. The Kier molecular flexibility index (Phi) is 3.99. The lowest BCUT2D eigenvalue weighted by Gasteiger charge is -2.09. The highest BCUT2D eigenvalue weighted by atomic mass is 35.5. The van der Waals surface area contributed by atoms with Crippen LogP contribution in [0.1, 0.15) is 5.56 Å². The minimum Gasteiger partial charge on any atom is -0.483 e. The van der Waals surface area contributed by atoms with Crippen molar-refractivity contribution in [1.82, 2.24) is 4.98 Å². The number of nitrogens with zero attached hydrogens (tertiary/aromatic N) is 1. The summed E-state index contributed by atoms with van der Waals surface area (Å²) >= 11 is 11.5. The van der Waals surface area contributed by atoms with Gasteiger partial charge in [0.05, 0.1) is 5.02 Å². The maximum absolute atomic E-state index is 13.3. The molecule has 1 heterocycles. The lowest BCUT2D eigenvalue weighted by molar-refractivity contribution is 0.274. The van der Waals surface area contributed by atoms with E-state index >= 15 is 0 Å². The number of aromatic nitrogens is 1. The van der Waals surface area contributed by atoms with Crippen LogP contribution in [0.4, 0.5) is 8.78 Å². The van der Waals surface area contributed by atoms with Crippen LogP contribution >= 0.6 is 23.2 Å². The van der Waals surface area contributed by atoms with Gasteiger partial charge in [-0.2, -0.15) is 0 Å². The van der Waals surface area contributed by atoms with E-state index in [2.05, 4.69) is 4.98 Å². The van der Waals surface area contributed by atoms with Gasteiger partial charge in [0.15, 0.2) is 17.4 Å². The molecular weight excluding hydrogens is 283 g/mol. The van der Waals surface area contributed by atoms with Gasteiger partial charge in [-0.05, 0) is 18.2 Å². The summed E-state index contributed by atoms with van der Waals surface area (Å²) in [5.41, 5.74) is 0.490. The summed E-state index contributed by atoms with van der Waals surface area (Å²) in [7, 11) is 0. The molecule has 2 aromatic rings. The number of para-hydroxylation sites is 1. The first-order valence-corrected chi connectivity index (χ1v) is 5.70. The molecule has 18 heavy (non-hydrogen) atoms. The van der Waals surface area contributed by atoms with Crippen LogP contribution in [-0.2, 0) is 6.61 Å². The number of pyridine rings is 1. The summed E-state index contributed by atoms with van der Waals surface area (Å²) < 4.78 is 31.6. The Morgan fingerprint density at radius 2 is 1.83 bits per heavy atom. The fraction of sp³-hybridized carbons (Fsp3) is 0.0833. The highest BCUT2D eigenvalue weighted by molar-refractivity contribution is 6.34. The first kappa shape index (κ1) is 13.1. The molecule has 0 saturated carbocycles. The third kappa shape index (κ3) is 2.89. The van der Waals surface area contributed by atoms with Crippen molar-refractivity contribution in [2.24, 2.45) is 0 Å². The summed E-state index contributed by atoms with van der Waals surface area (Å²) in [4.78, 5) is 3.81. The van der Waals surface area contributed by atoms with Gasteiger partial charge in [-0.1, -0.05) is 29.3 Å². The maximum atomic E-state index is 13.3. The van der Waals surface area contributed by atoms with Crippen LogP contribution in [0.2, 0.25) is 10.2 Å². The Morgan fingerprint density at radius 3 is 2.44 bits per heavy atom. The Balaban J connectivity index is 2.16. The largest absolute Gasteiger partial charge is 0.483 e. The Bertz CT molecular complexity index is 558. The first-order chi connectivity index (χ1) is 8.58. The van der Waals surface area contributed by atoms with Crippen molar-refractivity contribution >= 4 is 23.2 Å². The molecule has 0 radical (unpaired) electrons. The molecule has 1 aromatic carbocycles. The average Bonchev–Trinajstić information content (AvgIpc) is 2.31. The first-order valence-electron chi connectivity index (χ1n) is 4.94. The molecule has 0 atom stereocenters. The van der Waals surface area contributed by atoms with E-state index < -0.39 is 17.4 Å². The molecule has 0 aliphatic heterocycles. The standard InChI is InChI=1S/C12H7Cl2F2NO/c13-8-4-11(14)17-5-7(8)6-18-12-9(15)2-1-3-10(12)16/h1-5H,6H2. The van der Waals surface area contributed by atoms with Gasteiger partial charge < -0.3 is 4.74 Å². The fourth-order valence-corrected chi connectivity index (χ4v) is 1.73. The van der Waals surface area contributed by atoms with Crippen molar-refractivity contribution < 1.29 is 13.5 Å². The summed E-state index contributed by atoms with van der Waals surface area (Å²) in [6.07, 6.45) is 1.39. The predicted molar refractivity (Wildman–Crippen MR) is 64.9 cm³/mol. The van der Waals surface area contributed by atoms with Gasteiger partial charge in [-0.25, -0.2) is 13.8 Å². The smallest absolute Gasteiger partial charge is 0.191 e. The van der Waals surface area contributed by atoms with Gasteiger partial charge in [0.1, 0.15) is 11.8 Å². The van der Waals surface area contributed by atoms with Crippen LogP contribution in [0.5, 0.6) is 5.75 Å². The molecule has 0 fully saturated rings. The topological polar surface area (TPSA) is 22.1 Å². The van der Waals surface area contributed by atoms with Gasteiger partial charge >= 0.3 is 0 Å². The molecule has 0 spiro atoms. The normalized spacial score (nSPS) is 10.4. The predicted octanol–water partition coefficient (Wildman–Crippen LogP) is 4.25. The van der Waals surface area contributed by atoms with Gasteiger partial charge in [0, 0.05) is 11.8 Å². The number of ether oxygens (including phenoxy) is 1. The highest BCUT2D eigenvalue weighted by Gasteiger charge is 2.11. The molecule has 0 amide bonds. The molecule has 0 N–H and O–H groups in total. The molecule has 2 nitrogen and oxygen atoms in total. The average molecular weight is 290 g/mol. The van der Waals surface area contributed by atoms with Gasteiger partial charge in [-0.3, -0.25) is 0 Å². The van der Waals surface area contributed by atoms with Crippen molar-refractivity contribution in [2.75, 3.05) is 0 Å². The minimum absolute atomic E-state index is 0.0964. The van der Waals surface area contributed by atoms with Crippen LogP contribution < -0.4 is 4.74 Å². The van der Waals surface area contributed by atoms with Crippen molar-refractivity contribution in [3.8, 4) is 5.75 Å². The number of hydrogen-bond donors (Lipinski definition) is 0. The highest BCUT2D eigenvalue weighted by Crippen LogP contribution is 2.24. The van der Waals surface area contributed by atoms with E-state index in [1.54, 1.807) is 0 Å². The monoisotopic (exact) mass is 289 g/mol. The van der Waals surface area contributed by atoms with Gasteiger partial charge in [-0.15, -0.1) is 0 Å². The van der Waals surface area contributed by atoms with Gasteiger partial charge in [0.2, 0.25) is 0 Å². The second-order valence-electron chi connectivity index (χ2n) is 3.44.